The molecule has 0 N–H and O–H groups in total. The van der Waals surface area contributed by atoms with Crippen LogP contribution >= 0.6 is 12.4 Å². The van der Waals surface area contributed by atoms with Gasteiger partial charge in [0.05, 0.1) is 0 Å². The molecule has 0 aliphatic heterocycles. The summed E-state index contributed by atoms with van der Waals surface area (Å²) < 4.78 is 0. The van der Waals surface area contributed by atoms with Gasteiger partial charge in [-0.2, -0.15) is 0 Å². The van der Waals surface area contributed by atoms with Crippen LogP contribution in [-0.2, 0) is 0 Å². The zero-order valence-electron chi connectivity index (χ0n) is 16.0. The molecule has 0 amide bonds. The molecule has 0 aliphatic carbocycles. The molecule has 0 spiro atoms. The Labute approximate surface area is 169 Å². The molecule has 140 valence electrons. The van der Waals surface area contributed by atoms with Gasteiger partial charge in [0.1, 0.15) is 0 Å². The molecule has 0 heterocycles. The Morgan fingerprint density at radius 2 is 1.07 bits per heavy atom. The fourth-order valence-corrected chi connectivity index (χ4v) is 3.90. The van der Waals surface area contributed by atoms with Gasteiger partial charge in [-0.25, -0.2) is 0 Å². The van der Waals surface area contributed by atoms with E-state index in [1.165, 1.54) is 16.7 Å². The van der Waals surface area contributed by atoms with Crippen LogP contribution < -0.4 is 0 Å². The van der Waals surface area contributed by atoms with Gasteiger partial charge >= 0.3 is 0 Å². The van der Waals surface area contributed by atoms with E-state index in [-0.39, 0.29) is 30.3 Å². The van der Waals surface area contributed by atoms with E-state index in [4.69, 9.17) is 0 Å². The first-order valence-corrected chi connectivity index (χ1v) is 9.16. The van der Waals surface area contributed by atoms with Crippen molar-refractivity contribution < 1.29 is 0 Å². The fraction of sp³-hybridized carbons (Fsp3) is 0.200. The average molecular weight is 378 g/mol. The lowest BCUT2D eigenvalue weighted by Gasteiger charge is -2.37. The first-order valence-electron chi connectivity index (χ1n) is 9.16. The summed E-state index contributed by atoms with van der Waals surface area (Å²) in [6.07, 6.45) is 2.10. The van der Waals surface area contributed by atoms with E-state index in [9.17, 15) is 0 Å². The average Bonchev–Trinajstić information content (AvgIpc) is 2.70. The maximum atomic E-state index is 4.20. The molecule has 1 nitrogen and oxygen atoms in total. The molecule has 3 rings (SSSR count). The van der Waals surface area contributed by atoms with Gasteiger partial charge in [-0.3, -0.25) is 0 Å². The largest absolute Gasteiger partial charge is 0.302 e. The summed E-state index contributed by atoms with van der Waals surface area (Å²) in [4.78, 5) is 2.33. The Morgan fingerprint density at radius 1 is 0.667 bits per heavy atom. The smallest absolute Gasteiger partial charge is 0.0419 e. The van der Waals surface area contributed by atoms with E-state index in [1.54, 1.807) is 0 Å². The molecule has 3 aromatic carbocycles. The molecule has 3 atom stereocenters. The molecule has 27 heavy (non-hydrogen) atoms. The molecule has 3 unspecified atom stereocenters. The molecule has 0 saturated heterocycles. The maximum absolute atomic E-state index is 4.20. The third kappa shape index (κ3) is 4.88. The van der Waals surface area contributed by atoms with Crippen LogP contribution in [0.25, 0.3) is 0 Å². The van der Waals surface area contributed by atoms with Crippen LogP contribution in [0, 0.1) is 0 Å². The highest BCUT2D eigenvalue weighted by molar-refractivity contribution is 5.85. The van der Waals surface area contributed by atoms with Crippen molar-refractivity contribution in [3.05, 3.63) is 120 Å². The second-order valence-electron chi connectivity index (χ2n) is 6.93. The number of halogens is 1. The molecule has 0 fully saturated rings. The van der Waals surface area contributed by atoms with E-state index < -0.39 is 0 Å². The van der Waals surface area contributed by atoms with Crippen LogP contribution in [0.4, 0.5) is 0 Å². The predicted molar refractivity (Wildman–Crippen MR) is 119 cm³/mol. The van der Waals surface area contributed by atoms with Crippen molar-refractivity contribution >= 4 is 12.4 Å². The number of hydrogen-bond acceptors (Lipinski definition) is 1. The highest BCUT2D eigenvalue weighted by atomic mass is 35.5. The quantitative estimate of drug-likeness (QED) is 0.427. The number of benzene rings is 3. The topological polar surface area (TPSA) is 3.24 Å². The molecule has 0 aromatic heterocycles. The van der Waals surface area contributed by atoms with Gasteiger partial charge in [0, 0.05) is 17.9 Å². The lowest BCUT2D eigenvalue weighted by molar-refractivity contribution is 0.246. The minimum Gasteiger partial charge on any atom is -0.302 e. The van der Waals surface area contributed by atoms with E-state index in [1.807, 2.05) is 0 Å². The summed E-state index contributed by atoms with van der Waals surface area (Å²) in [5.41, 5.74) is 3.97. The highest BCUT2D eigenvalue weighted by Crippen LogP contribution is 2.44. The Balaban J connectivity index is 0.00000261. The van der Waals surface area contributed by atoms with Crippen molar-refractivity contribution in [2.45, 2.75) is 17.9 Å². The van der Waals surface area contributed by atoms with E-state index in [0.717, 1.165) is 0 Å². The normalized spacial score (nSPS) is 14.0. The number of nitrogens with zero attached hydrogens (tertiary/aromatic N) is 1. The van der Waals surface area contributed by atoms with Gasteiger partial charge in [-0.05, 0) is 30.8 Å². The van der Waals surface area contributed by atoms with Gasteiger partial charge in [0.25, 0.3) is 0 Å². The van der Waals surface area contributed by atoms with Crippen LogP contribution in [0.2, 0.25) is 0 Å². The number of hydrogen-bond donors (Lipinski definition) is 0. The van der Waals surface area contributed by atoms with E-state index in [0.29, 0.717) is 0 Å². The Hall–Kier alpha value is -2.35. The standard InChI is InChI=1S/C25H27N.ClH/c1-4-23(20-14-8-5-9-15-20)24(21-16-10-6-11-17-21)25(26(2)3)22-18-12-7-13-19-22;/h4-19,23-25H,1H2,2-3H3;1H. The van der Waals surface area contributed by atoms with Crippen LogP contribution in [-0.4, -0.2) is 19.0 Å². The number of likely N-dealkylation sites (N-methyl/N-ethyl adjacent to an activating group) is 1. The van der Waals surface area contributed by atoms with Crippen molar-refractivity contribution in [2.75, 3.05) is 14.1 Å². The van der Waals surface area contributed by atoms with Crippen molar-refractivity contribution in [1.82, 2.24) is 4.90 Å². The highest BCUT2D eigenvalue weighted by Gasteiger charge is 2.32. The maximum Gasteiger partial charge on any atom is 0.0419 e. The van der Waals surface area contributed by atoms with Gasteiger partial charge in [-0.15, -0.1) is 19.0 Å². The molecule has 0 radical (unpaired) electrons. The minimum absolute atomic E-state index is 0. The summed E-state index contributed by atoms with van der Waals surface area (Å²) in [5.74, 6) is 0.500. The van der Waals surface area contributed by atoms with Crippen molar-refractivity contribution in [3.63, 3.8) is 0 Å². The lowest BCUT2D eigenvalue weighted by atomic mass is 9.74. The molecule has 2 heteroatoms. The van der Waals surface area contributed by atoms with Crippen LogP contribution in [0.5, 0.6) is 0 Å². The molecular weight excluding hydrogens is 350 g/mol. The van der Waals surface area contributed by atoms with E-state index in [2.05, 4.69) is 123 Å². The minimum atomic E-state index is 0. The summed E-state index contributed by atoms with van der Waals surface area (Å²) in [5, 5.41) is 0. The molecule has 3 aromatic rings. The van der Waals surface area contributed by atoms with Crippen LogP contribution in [0.15, 0.2) is 104 Å². The van der Waals surface area contributed by atoms with Crippen molar-refractivity contribution in [1.29, 1.82) is 0 Å². The summed E-state index contributed by atoms with van der Waals surface area (Å²) in [6, 6.07) is 32.6. The summed E-state index contributed by atoms with van der Waals surface area (Å²) in [6.45, 7) is 4.20. The Morgan fingerprint density at radius 3 is 1.48 bits per heavy atom. The first kappa shape index (κ1) is 21.0. The first-order chi connectivity index (χ1) is 12.7. The summed E-state index contributed by atoms with van der Waals surface area (Å²) in [7, 11) is 4.33. The third-order valence-corrected chi connectivity index (χ3v) is 5.05. The summed E-state index contributed by atoms with van der Waals surface area (Å²) >= 11 is 0. The van der Waals surface area contributed by atoms with Crippen LogP contribution in [0.1, 0.15) is 34.6 Å². The van der Waals surface area contributed by atoms with Crippen molar-refractivity contribution in [2.24, 2.45) is 0 Å². The molecule has 0 saturated carbocycles. The molecular formula is C25H28ClN. The van der Waals surface area contributed by atoms with Crippen molar-refractivity contribution in [3.8, 4) is 0 Å². The second kappa shape index (κ2) is 10.1. The second-order valence-corrected chi connectivity index (χ2v) is 6.93. The zero-order chi connectivity index (χ0) is 18.4. The predicted octanol–water partition coefficient (Wildman–Crippen LogP) is 6.46. The number of allylic oxidation sites excluding steroid dienone is 1. The monoisotopic (exact) mass is 377 g/mol. The van der Waals surface area contributed by atoms with Gasteiger partial charge in [0.15, 0.2) is 0 Å². The third-order valence-electron chi connectivity index (χ3n) is 5.05. The van der Waals surface area contributed by atoms with Gasteiger partial charge in [-0.1, -0.05) is 97.1 Å². The molecule has 0 aliphatic rings. The van der Waals surface area contributed by atoms with Crippen LogP contribution in [0.3, 0.4) is 0 Å². The SMILES string of the molecule is C=CC(c1ccccc1)C(c1ccccc1)C(c1ccccc1)N(C)C.Cl. The van der Waals surface area contributed by atoms with Gasteiger partial charge < -0.3 is 4.90 Å². The number of rotatable bonds is 7. The lowest BCUT2D eigenvalue weighted by Crippen LogP contribution is -2.29. The zero-order valence-corrected chi connectivity index (χ0v) is 16.8. The van der Waals surface area contributed by atoms with Gasteiger partial charge in [0.2, 0.25) is 0 Å². The fourth-order valence-electron chi connectivity index (χ4n) is 3.90. The Bertz CT molecular complexity index is 800. The van der Waals surface area contributed by atoms with E-state index >= 15 is 0 Å². The Kier molecular flexibility index (Phi) is 7.84. The molecule has 0 bridgehead atoms.